The number of carbonyl (C=O) groups excluding carboxylic acids is 1. The fraction of sp³-hybridized carbons (Fsp3) is 0.368. The van der Waals surface area contributed by atoms with Crippen molar-refractivity contribution in [3.05, 3.63) is 39.9 Å². The first-order chi connectivity index (χ1) is 14.0. The predicted molar refractivity (Wildman–Crippen MR) is 114 cm³/mol. The van der Waals surface area contributed by atoms with Crippen molar-refractivity contribution in [1.82, 2.24) is 14.5 Å². The summed E-state index contributed by atoms with van der Waals surface area (Å²) in [6.45, 7) is 1.74. The standard InChI is InChI=1S/C19H20ClN5O3S/c1-28-14-6-5-12(9-13(14)20)22-15(26)10-25-11-21-17-16(18(25)27)29-19(23-17)24-7-3-2-4-8-24/h5-6,9,11H,2-4,7-8,10H2,1H3,(H,22,26). The highest BCUT2D eigenvalue weighted by Gasteiger charge is 2.18. The van der Waals surface area contributed by atoms with Gasteiger partial charge >= 0.3 is 0 Å². The molecule has 1 N–H and O–H groups in total. The first-order valence-corrected chi connectivity index (χ1v) is 10.5. The van der Waals surface area contributed by atoms with Crippen LogP contribution in [0.5, 0.6) is 5.75 Å². The van der Waals surface area contributed by atoms with E-state index in [2.05, 4.69) is 20.2 Å². The lowest BCUT2D eigenvalue weighted by Gasteiger charge is -2.25. The Morgan fingerprint density at radius 1 is 1.31 bits per heavy atom. The van der Waals surface area contributed by atoms with E-state index in [4.69, 9.17) is 16.3 Å². The van der Waals surface area contributed by atoms with Crippen LogP contribution in [-0.4, -0.2) is 40.6 Å². The Bertz CT molecular complexity index is 1110. The minimum atomic E-state index is -0.352. The van der Waals surface area contributed by atoms with Crippen LogP contribution in [0.2, 0.25) is 5.02 Å². The first kappa shape index (κ1) is 19.7. The van der Waals surface area contributed by atoms with Gasteiger partial charge < -0.3 is 15.0 Å². The van der Waals surface area contributed by atoms with Crippen LogP contribution in [0.3, 0.4) is 0 Å². The summed E-state index contributed by atoms with van der Waals surface area (Å²) in [6.07, 6.45) is 4.85. The number of hydrogen-bond acceptors (Lipinski definition) is 7. The zero-order valence-electron chi connectivity index (χ0n) is 15.9. The van der Waals surface area contributed by atoms with Gasteiger partial charge in [0.1, 0.15) is 23.3 Å². The van der Waals surface area contributed by atoms with E-state index in [1.165, 1.54) is 35.8 Å². The smallest absolute Gasteiger partial charge is 0.273 e. The van der Waals surface area contributed by atoms with Gasteiger partial charge in [0.15, 0.2) is 10.8 Å². The maximum Gasteiger partial charge on any atom is 0.273 e. The van der Waals surface area contributed by atoms with Crippen LogP contribution in [0.15, 0.2) is 29.3 Å². The Labute approximate surface area is 176 Å². The fourth-order valence-corrected chi connectivity index (χ4v) is 4.55. The van der Waals surface area contributed by atoms with Crippen LogP contribution >= 0.6 is 22.9 Å². The van der Waals surface area contributed by atoms with Gasteiger partial charge in [0.25, 0.3) is 5.56 Å². The summed E-state index contributed by atoms with van der Waals surface area (Å²) >= 11 is 7.42. The number of benzene rings is 1. The van der Waals surface area contributed by atoms with Crippen molar-refractivity contribution in [2.75, 3.05) is 30.4 Å². The summed E-state index contributed by atoms with van der Waals surface area (Å²) in [5.74, 6) is 0.167. The lowest BCUT2D eigenvalue weighted by molar-refractivity contribution is -0.116. The van der Waals surface area contributed by atoms with Gasteiger partial charge in [-0.3, -0.25) is 14.2 Å². The molecule has 1 aliphatic heterocycles. The number of anilines is 2. The average molecular weight is 434 g/mol. The number of ether oxygens (including phenoxy) is 1. The Morgan fingerprint density at radius 3 is 2.83 bits per heavy atom. The number of thiazole rings is 1. The van der Waals surface area contributed by atoms with Gasteiger partial charge in [-0.05, 0) is 37.5 Å². The van der Waals surface area contributed by atoms with Crippen molar-refractivity contribution < 1.29 is 9.53 Å². The lowest BCUT2D eigenvalue weighted by atomic mass is 10.1. The second-order valence-corrected chi connectivity index (χ2v) is 8.16. The SMILES string of the molecule is COc1ccc(NC(=O)Cn2cnc3nc(N4CCCCC4)sc3c2=O)cc1Cl. The topological polar surface area (TPSA) is 89.3 Å². The number of carbonyl (C=O) groups is 1. The van der Waals surface area contributed by atoms with Crippen LogP contribution in [0, 0.1) is 0 Å². The van der Waals surface area contributed by atoms with E-state index in [-0.39, 0.29) is 18.0 Å². The number of nitrogens with one attached hydrogen (secondary N) is 1. The number of hydrogen-bond donors (Lipinski definition) is 1. The van der Waals surface area contributed by atoms with Gasteiger partial charge in [0, 0.05) is 18.8 Å². The van der Waals surface area contributed by atoms with E-state index < -0.39 is 0 Å². The van der Waals surface area contributed by atoms with E-state index in [0.29, 0.717) is 26.8 Å². The van der Waals surface area contributed by atoms with Gasteiger partial charge in [-0.2, -0.15) is 4.98 Å². The minimum Gasteiger partial charge on any atom is -0.495 e. The van der Waals surface area contributed by atoms with E-state index in [9.17, 15) is 9.59 Å². The van der Waals surface area contributed by atoms with Gasteiger partial charge in [0.2, 0.25) is 5.91 Å². The van der Waals surface area contributed by atoms with Gasteiger partial charge in [0.05, 0.1) is 12.1 Å². The second kappa shape index (κ2) is 8.38. The third-order valence-corrected chi connectivity index (χ3v) is 6.14. The number of piperidine rings is 1. The van der Waals surface area contributed by atoms with Crippen LogP contribution in [0.4, 0.5) is 10.8 Å². The molecule has 3 aromatic rings. The highest BCUT2D eigenvalue weighted by Crippen LogP contribution is 2.28. The molecular weight excluding hydrogens is 414 g/mol. The largest absolute Gasteiger partial charge is 0.495 e. The molecule has 1 amide bonds. The molecule has 3 heterocycles. The van der Waals surface area contributed by atoms with E-state index in [1.54, 1.807) is 18.2 Å². The van der Waals surface area contributed by atoms with Crippen LogP contribution < -0.4 is 20.5 Å². The average Bonchev–Trinajstić information content (AvgIpc) is 3.16. The van der Waals surface area contributed by atoms with Crippen molar-refractivity contribution in [2.24, 2.45) is 0 Å². The number of aromatic nitrogens is 3. The molecule has 152 valence electrons. The maximum atomic E-state index is 12.8. The summed E-state index contributed by atoms with van der Waals surface area (Å²) in [5.41, 5.74) is 0.686. The number of fused-ring (bicyclic) bond motifs is 1. The Hall–Kier alpha value is -2.65. The molecule has 0 atom stereocenters. The minimum absolute atomic E-state index is 0.150. The molecule has 10 heteroatoms. The van der Waals surface area contributed by atoms with Crippen molar-refractivity contribution in [1.29, 1.82) is 0 Å². The lowest BCUT2D eigenvalue weighted by Crippen LogP contribution is -2.29. The molecule has 1 saturated heterocycles. The molecule has 0 saturated carbocycles. The molecule has 29 heavy (non-hydrogen) atoms. The summed E-state index contributed by atoms with van der Waals surface area (Å²) in [4.78, 5) is 36.2. The first-order valence-electron chi connectivity index (χ1n) is 9.29. The number of methoxy groups -OCH3 is 1. The monoisotopic (exact) mass is 433 g/mol. The fourth-order valence-electron chi connectivity index (χ4n) is 3.27. The van der Waals surface area contributed by atoms with E-state index in [1.807, 2.05) is 0 Å². The van der Waals surface area contributed by atoms with Crippen LogP contribution in [0.25, 0.3) is 10.3 Å². The number of rotatable bonds is 5. The Kier molecular flexibility index (Phi) is 5.68. The number of amides is 1. The quantitative estimate of drug-likeness (QED) is 0.664. The van der Waals surface area contributed by atoms with Crippen molar-refractivity contribution in [3.63, 3.8) is 0 Å². The molecule has 4 rings (SSSR count). The van der Waals surface area contributed by atoms with Gasteiger partial charge in [-0.25, -0.2) is 4.98 Å². The Balaban J connectivity index is 1.51. The van der Waals surface area contributed by atoms with Crippen LogP contribution in [-0.2, 0) is 11.3 Å². The third kappa shape index (κ3) is 4.20. The van der Waals surface area contributed by atoms with Crippen LogP contribution in [0.1, 0.15) is 19.3 Å². The van der Waals surface area contributed by atoms with Gasteiger partial charge in [-0.15, -0.1) is 0 Å². The van der Waals surface area contributed by atoms with Crippen molar-refractivity contribution >= 4 is 50.0 Å². The molecule has 1 aromatic carbocycles. The molecule has 0 bridgehead atoms. The molecule has 0 spiro atoms. The summed E-state index contributed by atoms with van der Waals surface area (Å²) in [7, 11) is 1.52. The summed E-state index contributed by atoms with van der Waals surface area (Å²) in [5, 5.41) is 3.94. The Morgan fingerprint density at radius 2 is 2.10 bits per heavy atom. The second-order valence-electron chi connectivity index (χ2n) is 6.77. The zero-order chi connectivity index (χ0) is 20.4. The maximum absolute atomic E-state index is 12.8. The highest BCUT2D eigenvalue weighted by atomic mass is 35.5. The number of nitrogens with zero attached hydrogens (tertiary/aromatic N) is 4. The third-order valence-electron chi connectivity index (χ3n) is 4.75. The van der Waals surface area contributed by atoms with E-state index in [0.717, 1.165) is 31.1 Å². The summed E-state index contributed by atoms with van der Waals surface area (Å²) in [6, 6.07) is 4.94. The predicted octanol–water partition coefficient (Wildman–Crippen LogP) is 3.14. The molecule has 1 aliphatic rings. The van der Waals surface area contributed by atoms with E-state index >= 15 is 0 Å². The zero-order valence-corrected chi connectivity index (χ0v) is 17.4. The molecule has 0 radical (unpaired) electrons. The number of halogens is 1. The molecule has 1 fully saturated rings. The normalized spacial score (nSPS) is 14.2. The van der Waals surface area contributed by atoms with Crippen molar-refractivity contribution in [3.8, 4) is 5.75 Å². The molecule has 2 aromatic heterocycles. The molecule has 0 aliphatic carbocycles. The molecule has 8 nitrogen and oxygen atoms in total. The molecular formula is C19H20ClN5O3S. The summed E-state index contributed by atoms with van der Waals surface area (Å²) < 4.78 is 6.86. The molecule has 0 unspecified atom stereocenters. The van der Waals surface area contributed by atoms with Crippen molar-refractivity contribution in [2.45, 2.75) is 25.8 Å². The van der Waals surface area contributed by atoms with Gasteiger partial charge in [-0.1, -0.05) is 22.9 Å². The highest BCUT2D eigenvalue weighted by molar-refractivity contribution is 7.22.